The van der Waals surface area contributed by atoms with Gasteiger partial charge in [0.15, 0.2) is 0 Å². The van der Waals surface area contributed by atoms with Crippen LogP contribution in [0.25, 0.3) is 0 Å². The van der Waals surface area contributed by atoms with Gasteiger partial charge in [0, 0.05) is 26.1 Å². The predicted octanol–water partition coefficient (Wildman–Crippen LogP) is 0.302. The van der Waals surface area contributed by atoms with Crippen molar-refractivity contribution in [3.8, 4) is 0 Å². The highest BCUT2D eigenvalue weighted by Crippen LogP contribution is 2.19. The molecule has 0 aromatic carbocycles. The quantitative estimate of drug-likeness (QED) is 0.692. The summed E-state index contributed by atoms with van der Waals surface area (Å²) in [5.41, 5.74) is 5.25. The third kappa shape index (κ3) is 3.42. The molecular formula is C10H19N3O2. The highest BCUT2D eigenvalue weighted by molar-refractivity contribution is 5.74. The minimum absolute atomic E-state index is 0.0497. The Labute approximate surface area is 90.0 Å². The van der Waals surface area contributed by atoms with Crippen LogP contribution in [0.4, 0.5) is 4.79 Å². The Morgan fingerprint density at radius 3 is 2.60 bits per heavy atom. The highest BCUT2D eigenvalue weighted by Gasteiger charge is 2.28. The summed E-state index contributed by atoms with van der Waals surface area (Å²) in [5, 5.41) is 2.84. The molecule has 1 fully saturated rings. The van der Waals surface area contributed by atoms with Crippen LogP contribution in [-0.4, -0.2) is 36.0 Å². The molecule has 3 amide bonds. The van der Waals surface area contributed by atoms with Gasteiger partial charge in [-0.15, -0.1) is 0 Å². The van der Waals surface area contributed by atoms with Gasteiger partial charge in [-0.3, -0.25) is 4.79 Å². The Hall–Kier alpha value is -1.26. The molecule has 0 radical (unpaired) electrons. The summed E-state index contributed by atoms with van der Waals surface area (Å²) in [4.78, 5) is 23.6. The zero-order valence-electron chi connectivity index (χ0n) is 9.32. The van der Waals surface area contributed by atoms with E-state index >= 15 is 0 Å². The molecule has 0 aliphatic carbocycles. The van der Waals surface area contributed by atoms with E-state index in [4.69, 9.17) is 5.73 Å². The molecule has 2 atom stereocenters. The first-order valence-corrected chi connectivity index (χ1v) is 5.34. The number of hydrogen-bond donors (Lipinski definition) is 2. The summed E-state index contributed by atoms with van der Waals surface area (Å²) < 4.78 is 0. The molecule has 2 unspecified atom stereocenters. The molecule has 0 aromatic heterocycles. The maximum absolute atomic E-state index is 11.1. The van der Waals surface area contributed by atoms with Gasteiger partial charge < -0.3 is 16.0 Å². The molecule has 0 spiro atoms. The monoisotopic (exact) mass is 213 g/mol. The number of nitrogens with one attached hydrogen (secondary N) is 1. The van der Waals surface area contributed by atoms with E-state index in [2.05, 4.69) is 12.2 Å². The van der Waals surface area contributed by atoms with E-state index in [-0.39, 0.29) is 11.9 Å². The molecule has 3 N–H and O–H groups in total. The molecule has 15 heavy (non-hydrogen) atoms. The van der Waals surface area contributed by atoms with Crippen molar-refractivity contribution in [1.82, 2.24) is 10.2 Å². The zero-order chi connectivity index (χ0) is 11.4. The lowest BCUT2D eigenvalue weighted by Gasteiger charge is -2.36. The molecule has 5 nitrogen and oxygen atoms in total. The fourth-order valence-corrected chi connectivity index (χ4v) is 2.07. The SMILES string of the molecule is CCC1CC(NC(C)=O)CN(C(N)=O)C1. The largest absolute Gasteiger partial charge is 0.352 e. The fourth-order valence-electron chi connectivity index (χ4n) is 2.07. The highest BCUT2D eigenvalue weighted by atomic mass is 16.2. The molecule has 0 aromatic rings. The van der Waals surface area contributed by atoms with E-state index in [1.54, 1.807) is 4.90 Å². The molecule has 1 aliphatic heterocycles. The van der Waals surface area contributed by atoms with Gasteiger partial charge in [-0.05, 0) is 12.3 Å². The van der Waals surface area contributed by atoms with Gasteiger partial charge in [-0.25, -0.2) is 4.79 Å². The molecule has 0 bridgehead atoms. The van der Waals surface area contributed by atoms with Gasteiger partial charge in [0.1, 0.15) is 0 Å². The number of carbonyl (C=O) groups is 2. The van der Waals surface area contributed by atoms with Crippen molar-refractivity contribution in [3.05, 3.63) is 0 Å². The minimum atomic E-state index is -0.400. The number of piperidine rings is 1. The van der Waals surface area contributed by atoms with Crippen LogP contribution in [0.5, 0.6) is 0 Å². The van der Waals surface area contributed by atoms with Gasteiger partial charge >= 0.3 is 6.03 Å². The summed E-state index contributed by atoms with van der Waals surface area (Å²) in [6, 6.07) is -0.350. The maximum atomic E-state index is 11.1. The lowest BCUT2D eigenvalue weighted by Crippen LogP contribution is -2.53. The van der Waals surface area contributed by atoms with Crippen LogP contribution >= 0.6 is 0 Å². The lowest BCUT2D eigenvalue weighted by atomic mass is 9.92. The molecular weight excluding hydrogens is 194 g/mol. The van der Waals surface area contributed by atoms with Crippen molar-refractivity contribution < 1.29 is 9.59 Å². The Morgan fingerprint density at radius 1 is 1.47 bits per heavy atom. The summed E-state index contributed by atoms with van der Waals surface area (Å²) in [5.74, 6) is 0.379. The number of nitrogens with two attached hydrogens (primary N) is 1. The Morgan fingerprint density at radius 2 is 2.13 bits per heavy atom. The van der Waals surface area contributed by atoms with Crippen LogP contribution in [0.15, 0.2) is 0 Å². The van der Waals surface area contributed by atoms with Crippen LogP contribution < -0.4 is 11.1 Å². The average Bonchev–Trinajstić information content (AvgIpc) is 2.16. The first-order chi connectivity index (χ1) is 7.02. The van der Waals surface area contributed by atoms with Crippen molar-refractivity contribution in [2.45, 2.75) is 32.7 Å². The van der Waals surface area contributed by atoms with Crippen molar-refractivity contribution in [3.63, 3.8) is 0 Å². The topological polar surface area (TPSA) is 75.4 Å². The van der Waals surface area contributed by atoms with Gasteiger partial charge in [0.2, 0.25) is 5.91 Å². The van der Waals surface area contributed by atoms with Crippen molar-refractivity contribution in [2.75, 3.05) is 13.1 Å². The lowest BCUT2D eigenvalue weighted by molar-refractivity contribution is -0.120. The number of urea groups is 1. The number of nitrogens with zero attached hydrogens (tertiary/aromatic N) is 1. The standard InChI is InChI=1S/C10H19N3O2/c1-3-8-4-9(12-7(2)14)6-13(5-8)10(11)15/h8-9H,3-6H2,1-2H3,(H2,11,15)(H,12,14). The Balaban J connectivity index is 2.58. The number of rotatable bonds is 2. The minimum Gasteiger partial charge on any atom is -0.352 e. The summed E-state index contributed by atoms with van der Waals surface area (Å²) in [6.07, 6.45) is 1.93. The molecule has 1 rings (SSSR count). The smallest absolute Gasteiger partial charge is 0.314 e. The zero-order valence-corrected chi connectivity index (χ0v) is 9.32. The molecule has 0 saturated carbocycles. The van der Waals surface area contributed by atoms with Crippen LogP contribution in [0.1, 0.15) is 26.7 Å². The maximum Gasteiger partial charge on any atom is 0.314 e. The van der Waals surface area contributed by atoms with E-state index in [9.17, 15) is 9.59 Å². The fraction of sp³-hybridized carbons (Fsp3) is 0.800. The van der Waals surface area contributed by atoms with Gasteiger partial charge in [-0.2, -0.15) is 0 Å². The number of likely N-dealkylation sites (tertiary alicyclic amines) is 1. The summed E-state index contributed by atoms with van der Waals surface area (Å²) >= 11 is 0. The molecule has 1 heterocycles. The Bertz CT molecular complexity index is 255. The van der Waals surface area contributed by atoms with Crippen LogP contribution in [0.2, 0.25) is 0 Å². The third-order valence-corrected chi connectivity index (χ3v) is 2.83. The van der Waals surface area contributed by atoms with Crippen molar-refractivity contribution in [1.29, 1.82) is 0 Å². The van der Waals surface area contributed by atoms with E-state index < -0.39 is 6.03 Å². The molecule has 1 saturated heterocycles. The Kier molecular flexibility index (Phi) is 3.94. The van der Waals surface area contributed by atoms with Crippen LogP contribution in [0, 0.1) is 5.92 Å². The summed E-state index contributed by atoms with van der Waals surface area (Å²) in [6.45, 7) is 4.82. The number of amides is 3. The third-order valence-electron chi connectivity index (χ3n) is 2.83. The predicted molar refractivity (Wildman–Crippen MR) is 57.2 cm³/mol. The van der Waals surface area contributed by atoms with Crippen molar-refractivity contribution >= 4 is 11.9 Å². The summed E-state index contributed by atoms with van der Waals surface area (Å²) in [7, 11) is 0. The normalized spacial score (nSPS) is 26.1. The van der Waals surface area contributed by atoms with Gasteiger partial charge in [0.05, 0.1) is 0 Å². The van der Waals surface area contributed by atoms with E-state index in [1.165, 1.54) is 6.92 Å². The first-order valence-electron chi connectivity index (χ1n) is 5.34. The van der Waals surface area contributed by atoms with Gasteiger partial charge in [-0.1, -0.05) is 13.3 Å². The number of primary amides is 1. The molecule has 5 heteroatoms. The number of hydrogen-bond acceptors (Lipinski definition) is 2. The van der Waals surface area contributed by atoms with Crippen molar-refractivity contribution in [2.24, 2.45) is 11.7 Å². The van der Waals surface area contributed by atoms with E-state index in [0.717, 1.165) is 12.8 Å². The van der Waals surface area contributed by atoms with E-state index in [1.807, 2.05) is 0 Å². The second-order valence-corrected chi connectivity index (χ2v) is 4.15. The number of carbonyl (C=O) groups excluding carboxylic acids is 2. The van der Waals surface area contributed by atoms with E-state index in [0.29, 0.717) is 19.0 Å². The van der Waals surface area contributed by atoms with Gasteiger partial charge in [0.25, 0.3) is 0 Å². The molecule has 1 aliphatic rings. The second kappa shape index (κ2) is 5.00. The second-order valence-electron chi connectivity index (χ2n) is 4.15. The average molecular weight is 213 g/mol. The first kappa shape index (κ1) is 11.8. The van der Waals surface area contributed by atoms with Crippen LogP contribution in [-0.2, 0) is 4.79 Å². The molecule has 86 valence electrons. The van der Waals surface area contributed by atoms with Crippen LogP contribution in [0.3, 0.4) is 0 Å².